The molecular formula is C32H48N2O6. The Morgan fingerprint density at radius 1 is 0.900 bits per heavy atom. The van der Waals surface area contributed by atoms with Crippen molar-refractivity contribution in [3.05, 3.63) is 60.3 Å². The van der Waals surface area contributed by atoms with Crippen molar-refractivity contribution < 1.29 is 29.3 Å². The number of rotatable bonds is 19. The minimum atomic E-state index is -2.16. The molecule has 0 aliphatic rings. The molecule has 1 aromatic heterocycles. The number of unbranched alkanes of at least 4 members (excludes halogenated alkanes) is 8. The molecule has 0 fully saturated rings. The summed E-state index contributed by atoms with van der Waals surface area (Å²) in [5.74, 6) is -2.57. The highest BCUT2D eigenvalue weighted by Gasteiger charge is 2.31. The second-order valence-electron chi connectivity index (χ2n) is 10.5. The van der Waals surface area contributed by atoms with E-state index in [9.17, 15) is 19.8 Å². The van der Waals surface area contributed by atoms with E-state index in [1.165, 1.54) is 36.4 Å². The monoisotopic (exact) mass is 556 g/mol. The Kier molecular flexibility index (Phi) is 15.3. The summed E-state index contributed by atoms with van der Waals surface area (Å²) in [7, 11) is 3.44. The number of hydrogen-bond acceptors (Lipinski definition) is 7. The first-order valence-corrected chi connectivity index (χ1v) is 14.6. The van der Waals surface area contributed by atoms with Crippen LogP contribution in [0.4, 0.5) is 4.79 Å². The van der Waals surface area contributed by atoms with Crippen LogP contribution >= 0.6 is 0 Å². The molecule has 0 unspecified atom stereocenters. The molecule has 2 rings (SSSR count). The number of esters is 1. The maximum atomic E-state index is 12.7. The molecular weight excluding hydrogens is 508 g/mol. The van der Waals surface area contributed by atoms with E-state index in [0.29, 0.717) is 10.9 Å². The van der Waals surface area contributed by atoms with Crippen LogP contribution in [0.15, 0.2) is 54.8 Å². The SMILES string of the molecule is CCCCC/C=C\C/C=C\CCCCCCCC(=O)OCOC(=O)n1cc(C(O)(O)CN(C)C)c2ccccc21. The normalized spacial score (nSPS) is 12.2. The van der Waals surface area contributed by atoms with E-state index in [2.05, 4.69) is 31.2 Å². The highest BCUT2D eigenvalue weighted by Crippen LogP contribution is 2.29. The number of carbonyl (C=O) groups is 2. The number of para-hydroxylation sites is 1. The van der Waals surface area contributed by atoms with Crippen LogP contribution in [0.1, 0.15) is 89.5 Å². The molecule has 0 aliphatic carbocycles. The second-order valence-corrected chi connectivity index (χ2v) is 10.5. The zero-order valence-electron chi connectivity index (χ0n) is 24.5. The van der Waals surface area contributed by atoms with Gasteiger partial charge in [0.1, 0.15) is 0 Å². The number of carbonyl (C=O) groups excluding carboxylic acids is 2. The summed E-state index contributed by atoms with van der Waals surface area (Å²) in [6, 6.07) is 6.88. The van der Waals surface area contributed by atoms with Gasteiger partial charge in [-0.3, -0.25) is 9.36 Å². The van der Waals surface area contributed by atoms with Gasteiger partial charge < -0.3 is 24.6 Å². The van der Waals surface area contributed by atoms with Crippen LogP contribution in [0, 0.1) is 0 Å². The molecule has 0 bridgehead atoms. The first-order chi connectivity index (χ1) is 19.3. The van der Waals surface area contributed by atoms with Gasteiger partial charge in [-0.1, -0.05) is 81.5 Å². The van der Waals surface area contributed by atoms with Crippen LogP contribution in [-0.4, -0.2) is 59.2 Å². The van der Waals surface area contributed by atoms with E-state index in [1.54, 1.807) is 43.3 Å². The molecule has 0 saturated carbocycles. The van der Waals surface area contributed by atoms with Gasteiger partial charge in [0.15, 0.2) is 0 Å². The minimum absolute atomic E-state index is 0.0537. The third kappa shape index (κ3) is 12.1. The summed E-state index contributed by atoms with van der Waals surface area (Å²) in [5.41, 5.74) is 0.650. The van der Waals surface area contributed by atoms with Gasteiger partial charge in [0.2, 0.25) is 12.6 Å². The van der Waals surface area contributed by atoms with Crippen molar-refractivity contribution in [2.24, 2.45) is 0 Å². The lowest BCUT2D eigenvalue weighted by molar-refractivity contribution is -0.177. The fourth-order valence-corrected chi connectivity index (χ4v) is 4.54. The molecule has 1 heterocycles. The Balaban J connectivity index is 1.62. The number of ether oxygens (including phenoxy) is 2. The van der Waals surface area contributed by atoms with Crippen molar-refractivity contribution in [3.8, 4) is 0 Å². The van der Waals surface area contributed by atoms with E-state index in [1.807, 2.05) is 0 Å². The summed E-state index contributed by atoms with van der Waals surface area (Å²) < 4.78 is 11.4. The van der Waals surface area contributed by atoms with Crippen molar-refractivity contribution in [2.75, 3.05) is 27.4 Å². The molecule has 0 aliphatic heterocycles. The van der Waals surface area contributed by atoms with Crippen molar-refractivity contribution in [1.29, 1.82) is 0 Å². The number of benzene rings is 1. The van der Waals surface area contributed by atoms with Gasteiger partial charge in [-0.15, -0.1) is 0 Å². The molecule has 0 amide bonds. The molecule has 0 radical (unpaired) electrons. The Morgan fingerprint density at radius 3 is 2.25 bits per heavy atom. The van der Waals surface area contributed by atoms with E-state index in [0.717, 1.165) is 44.9 Å². The minimum Gasteiger partial charge on any atom is -0.428 e. The molecule has 8 nitrogen and oxygen atoms in total. The van der Waals surface area contributed by atoms with Crippen molar-refractivity contribution in [1.82, 2.24) is 9.47 Å². The van der Waals surface area contributed by atoms with Gasteiger partial charge in [0, 0.05) is 23.6 Å². The molecule has 2 aromatic rings. The molecule has 0 saturated heterocycles. The lowest BCUT2D eigenvalue weighted by atomic mass is 10.0. The highest BCUT2D eigenvalue weighted by molar-refractivity contribution is 5.92. The quantitative estimate of drug-likeness (QED) is 0.0866. The molecule has 222 valence electrons. The lowest BCUT2D eigenvalue weighted by Crippen LogP contribution is -2.37. The average Bonchev–Trinajstić information content (AvgIpc) is 3.31. The third-order valence-electron chi connectivity index (χ3n) is 6.61. The smallest absolute Gasteiger partial charge is 0.421 e. The van der Waals surface area contributed by atoms with Gasteiger partial charge in [-0.25, -0.2) is 4.79 Å². The molecule has 8 heteroatoms. The Hall–Kier alpha value is -2.94. The average molecular weight is 557 g/mol. The van der Waals surface area contributed by atoms with Crippen LogP contribution in [-0.2, 0) is 20.1 Å². The van der Waals surface area contributed by atoms with Crippen molar-refractivity contribution in [2.45, 2.75) is 89.8 Å². The summed E-state index contributed by atoms with van der Waals surface area (Å²) in [5, 5.41) is 21.7. The number of hydrogen-bond donors (Lipinski definition) is 2. The Bertz CT molecular complexity index is 1090. The summed E-state index contributed by atoms with van der Waals surface area (Å²) in [6.07, 6.45) is 22.0. The number of nitrogens with zero attached hydrogens (tertiary/aromatic N) is 2. The molecule has 40 heavy (non-hydrogen) atoms. The van der Waals surface area contributed by atoms with Gasteiger partial charge >= 0.3 is 12.1 Å². The van der Waals surface area contributed by atoms with Gasteiger partial charge in [0.25, 0.3) is 0 Å². The van der Waals surface area contributed by atoms with Gasteiger partial charge in [-0.2, -0.15) is 0 Å². The predicted octanol–water partition coefficient (Wildman–Crippen LogP) is 6.64. The lowest BCUT2D eigenvalue weighted by Gasteiger charge is -2.25. The first-order valence-electron chi connectivity index (χ1n) is 14.6. The van der Waals surface area contributed by atoms with Crippen LogP contribution in [0.5, 0.6) is 0 Å². The summed E-state index contributed by atoms with van der Waals surface area (Å²) in [6.45, 7) is 1.67. The highest BCUT2D eigenvalue weighted by atomic mass is 16.7. The van der Waals surface area contributed by atoms with Crippen LogP contribution < -0.4 is 0 Å². The topological polar surface area (TPSA) is 101 Å². The maximum Gasteiger partial charge on any atom is 0.421 e. The van der Waals surface area contributed by atoms with Gasteiger partial charge in [-0.05, 0) is 58.7 Å². The molecule has 2 N–H and O–H groups in total. The van der Waals surface area contributed by atoms with Crippen LogP contribution in [0.2, 0.25) is 0 Å². The number of aromatic nitrogens is 1. The van der Waals surface area contributed by atoms with E-state index in [4.69, 9.17) is 9.47 Å². The van der Waals surface area contributed by atoms with Gasteiger partial charge in [0.05, 0.1) is 12.1 Å². The van der Waals surface area contributed by atoms with Crippen LogP contribution in [0.25, 0.3) is 10.9 Å². The van der Waals surface area contributed by atoms with E-state index < -0.39 is 24.6 Å². The Morgan fingerprint density at radius 2 is 1.55 bits per heavy atom. The zero-order chi connectivity index (χ0) is 29.2. The molecule has 0 spiro atoms. The number of allylic oxidation sites excluding steroid dienone is 4. The third-order valence-corrected chi connectivity index (χ3v) is 6.61. The zero-order valence-corrected chi connectivity index (χ0v) is 24.5. The largest absolute Gasteiger partial charge is 0.428 e. The van der Waals surface area contributed by atoms with Crippen molar-refractivity contribution >= 4 is 23.0 Å². The molecule has 1 aromatic carbocycles. The molecule has 0 atom stereocenters. The Labute approximate surface area is 239 Å². The fraction of sp³-hybridized carbons (Fsp3) is 0.562. The first kappa shape index (κ1) is 33.3. The second kappa shape index (κ2) is 18.4. The summed E-state index contributed by atoms with van der Waals surface area (Å²) in [4.78, 5) is 26.4. The summed E-state index contributed by atoms with van der Waals surface area (Å²) >= 11 is 0. The van der Waals surface area contributed by atoms with Crippen LogP contribution in [0.3, 0.4) is 0 Å². The number of aliphatic hydroxyl groups is 2. The fourth-order valence-electron chi connectivity index (χ4n) is 4.54. The number of likely N-dealkylation sites (N-methyl/N-ethyl adjacent to an activating group) is 1. The number of fused-ring (bicyclic) bond motifs is 1. The predicted molar refractivity (Wildman–Crippen MR) is 159 cm³/mol. The van der Waals surface area contributed by atoms with Crippen molar-refractivity contribution in [3.63, 3.8) is 0 Å². The maximum absolute atomic E-state index is 12.7. The van der Waals surface area contributed by atoms with E-state index >= 15 is 0 Å². The van der Waals surface area contributed by atoms with E-state index in [-0.39, 0.29) is 18.5 Å². The standard InChI is InChI=1S/C32H48N2O6/c1-4-5-6-7-8-9-10-11-12-13-14-15-16-17-18-23-30(35)39-26-40-31(36)34-24-28(32(37,38)25-33(2)3)27-21-19-20-22-29(27)34/h8-9,11-12,19-22,24,37-38H,4-7,10,13-18,23,25-26H2,1-3H3/b9-8-,12-11-.